The van der Waals surface area contributed by atoms with Crippen LogP contribution < -0.4 is 10.1 Å². The molecule has 0 unspecified atom stereocenters. The maximum absolute atomic E-state index is 12.0. The van der Waals surface area contributed by atoms with E-state index in [2.05, 4.69) is 5.32 Å². The minimum atomic E-state index is -0.812. The lowest BCUT2D eigenvalue weighted by Gasteiger charge is -2.17. The van der Waals surface area contributed by atoms with Crippen LogP contribution in [-0.2, 0) is 14.3 Å². The normalized spacial score (nSPS) is 15.7. The van der Waals surface area contributed by atoms with Gasteiger partial charge in [0.25, 0.3) is 5.91 Å². The molecule has 1 amide bonds. The van der Waals surface area contributed by atoms with Crippen LogP contribution in [0.3, 0.4) is 0 Å². The zero-order valence-corrected chi connectivity index (χ0v) is 14.4. The molecule has 1 aliphatic rings. The van der Waals surface area contributed by atoms with Crippen LogP contribution in [-0.4, -0.2) is 30.6 Å². The summed E-state index contributed by atoms with van der Waals surface area (Å²) in [6, 6.07) is 13.7. The van der Waals surface area contributed by atoms with Crippen LogP contribution in [0.2, 0.25) is 0 Å². The predicted molar refractivity (Wildman–Crippen MR) is 95.4 cm³/mol. The molecule has 0 aromatic heterocycles. The summed E-state index contributed by atoms with van der Waals surface area (Å²) in [5.41, 5.74) is 0. The van der Waals surface area contributed by atoms with Gasteiger partial charge in [-0.25, -0.2) is 4.79 Å². The lowest BCUT2D eigenvalue weighted by atomic mass is 10.1. The van der Waals surface area contributed by atoms with Crippen molar-refractivity contribution in [2.24, 2.45) is 0 Å². The summed E-state index contributed by atoms with van der Waals surface area (Å²) in [6.07, 6.45) is 3.46. The van der Waals surface area contributed by atoms with Gasteiger partial charge in [-0.2, -0.15) is 0 Å². The van der Waals surface area contributed by atoms with E-state index < -0.39 is 12.1 Å². The first kappa shape index (κ1) is 17.3. The number of amides is 1. The van der Waals surface area contributed by atoms with Gasteiger partial charge in [0.2, 0.25) is 0 Å². The molecule has 3 rings (SSSR count). The fourth-order valence-corrected chi connectivity index (χ4v) is 3.07. The van der Waals surface area contributed by atoms with Gasteiger partial charge < -0.3 is 14.8 Å². The lowest BCUT2D eigenvalue weighted by Crippen LogP contribution is -2.41. The standard InChI is InChI=1S/C20H23NO4/c1-14(20(23)21-17-8-4-5-9-17)25-19(22)13-24-18-11-10-15-6-2-3-7-16(15)12-18/h2-3,6-7,10-12,14,17H,4-5,8-9,13H2,1H3,(H,21,23)/t14-/m1/s1. The van der Waals surface area contributed by atoms with E-state index in [0.717, 1.165) is 36.5 Å². The van der Waals surface area contributed by atoms with Crippen LogP contribution in [0.15, 0.2) is 42.5 Å². The van der Waals surface area contributed by atoms with E-state index in [-0.39, 0.29) is 18.6 Å². The average molecular weight is 341 g/mol. The minimum Gasteiger partial charge on any atom is -0.482 e. The molecule has 132 valence electrons. The SMILES string of the molecule is C[C@@H](OC(=O)COc1ccc2ccccc2c1)C(=O)NC1CCCC1. The Bertz CT molecular complexity index is 752. The second-order valence-corrected chi connectivity index (χ2v) is 6.42. The van der Waals surface area contributed by atoms with Gasteiger partial charge in [-0.05, 0) is 42.7 Å². The Labute approximate surface area is 147 Å². The van der Waals surface area contributed by atoms with E-state index in [1.54, 1.807) is 6.92 Å². The summed E-state index contributed by atoms with van der Waals surface area (Å²) in [4.78, 5) is 23.9. The molecule has 0 spiro atoms. The molecular weight excluding hydrogens is 318 g/mol. The number of ether oxygens (including phenoxy) is 2. The van der Waals surface area contributed by atoms with E-state index in [1.165, 1.54) is 0 Å². The smallest absolute Gasteiger partial charge is 0.344 e. The van der Waals surface area contributed by atoms with Crippen LogP contribution in [0.5, 0.6) is 5.75 Å². The number of carbonyl (C=O) groups is 2. The molecule has 1 atom stereocenters. The second kappa shape index (κ2) is 8.01. The molecule has 1 saturated carbocycles. The van der Waals surface area contributed by atoms with Crippen molar-refractivity contribution in [2.45, 2.75) is 44.8 Å². The zero-order chi connectivity index (χ0) is 17.6. The van der Waals surface area contributed by atoms with Crippen LogP contribution in [0.25, 0.3) is 10.8 Å². The summed E-state index contributed by atoms with van der Waals surface area (Å²) < 4.78 is 10.6. The van der Waals surface area contributed by atoms with Crippen molar-refractivity contribution in [3.63, 3.8) is 0 Å². The Balaban J connectivity index is 1.47. The highest BCUT2D eigenvalue weighted by Gasteiger charge is 2.23. The van der Waals surface area contributed by atoms with Gasteiger partial charge >= 0.3 is 5.97 Å². The highest BCUT2D eigenvalue weighted by Crippen LogP contribution is 2.20. The number of benzene rings is 2. The topological polar surface area (TPSA) is 64.6 Å². The number of esters is 1. The largest absolute Gasteiger partial charge is 0.482 e. The molecule has 2 aromatic carbocycles. The van der Waals surface area contributed by atoms with Gasteiger partial charge in [0.15, 0.2) is 12.7 Å². The van der Waals surface area contributed by atoms with E-state index in [9.17, 15) is 9.59 Å². The summed E-state index contributed by atoms with van der Waals surface area (Å²) in [6.45, 7) is 1.36. The summed E-state index contributed by atoms with van der Waals surface area (Å²) in [7, 11) is 0. The van der Waals surface area contributed by atoms with Gasteiger partial charge in [-0.15, -0.1) is 0 Å². The fraction of sp³-hybridized carbons (Fsp3) is 0.400. The Morgan fingerprint density at radius 3 is 2.60 bits per heavy atom. The molecule has 1 fully saturated rings. The third-order valence-corrected chi connectivity index (χ3v) is 4.46. The quantitative estimate of drug-likeness (QED) is 0.820. The van der Waals surface area contributed by atoms with Crippen molar-refractivity contribution in [1.82, 2.24) is 5.32 Å². The Morgan fingerprint density at radius 1 is 1.12 bits per heavy atom. The molecule has 0 heterocycles. The van der Waals surface area contributed by atoms with Gasteiger partial charge in [-0.1, -0.05) is 43.2 Å². The molecule has 0 aliphatic heterocycles. The van der Waals surface area contributed by atoms with Crippen LogP contribution in [0.1, 0.15) is 32.6 Å². The molecule has 1 N–H and O–H groups in total. The predicted octanol–water partition coefficient (Wildman–Crippen LogP) is 3.21. The lowest BCUT2D eigenvalue weighted by molar-refractivity contribution is -0.156. The van der Waals surface area contributed by atoms with Gasteiger partial charge in [0.05, 0.1) is 0 Å². The van der Waals surface area contributed by atoms with E-state index in [4.69, 9.17) is 9.47 Å². The van der Waals surface area contributed by atoms with Gasteiger partial charge in [0, 0.05) is 6.04 Å². The summed E-state index contributed by atoms with van der Waals surface area (Å²) >= 11 is 0. The van der Waals surface area contributed by atoms with Gasteiger partial charge in [0.1, 0.15) is 5.75 Å². The van der Waals surface area contributed by atoms with E-state index in [1.807, 2.05) is 42.5 Å². The maximum Gasteiger partial charge on any atom is 0.344 e. The molecule has 5 heteroatoms. The highest BCUT2D eigenvalue weighted by molar-refractivity contribution is 5.85. The molecule has 0 saturated heterocycles. The number of hydrogen-bond donors (Lipinski definition) is 1. The molecule has 5 nitrogen and oxygen atoms in total. The monoisotopic (exact) mass is 341 g/mol. The molecule has 0 radical (unpaired) electrons. The zero-order valence-electron chi connectivity index (χ0n) is 14.4. The third kappa shape index (κ3) is 4.72. The first-order valence-corrected chi connectivity index (χ1v) is 8.73. The van der Waals surface area contributed by atoms with Crippen LogP contribution >= 0.6 is 0 Å². The van der Waals surface area contributed by atoms with Crippen LogP contribution in [0, 0.1) is 0 Å². The Morgan fingerprint density at radius 2 is 1.84 bits per heavy atom. The fourth-order valence-electron chi connectivity index (χ4n) is 3.07. The molecular formula is C20H23NO4. The number of nitrogens with one attached hydrogen (secondary N) is 1. The van der Waals surface area contributed by atoms with Crippen molar-refractivity contribution >= 4 is 22.6 Å². The van der Waals surface area contributed by atoms with Crippen molar-refractivity contribution in [2.75, 3.05) is 6.61 Å². The average Bonchev–Trinajstić information content (AvgIpc) is 3.12. The highest BCUT2D eigenvalue weighted by atomic mass is 16.6. The van der Waals surface area contributed by atoms with E-state index >= 15 is 0 Å². The van der Waals surface area contributed by atoms with Gasteiger partial charge in [-0.3, -0.25) is 4.79 Å². The van der Waals surface area contributed by atoms with Crippen molar-refractivity contribution < 1.29 is 19.1 Å². The van der Waals surface area contributed by atoms with Crippen molar-refractivity contribution in [3.05, 3.63) is 42.5 Å². The molecule has 2 aromatic rings. The first-order valence-electron chi connectivity index (χ1n) is 8.73. The van der Waals surface area contributed by atoms with Crippen molar-refractivity contribution in [1.29, 1.82) is 0 Å². The number of rotatable bonds is 6. The maximum atomic E-state index is 12.0. The third-order valence-electron chi connectivity index (χ3n) is 4.46. The van der Waals surface area contributed by atoms with E-state index in [0.29, 0.717) is 5.75 Å². The van der Waals surface area contributed by atoms with Crippen molar-refractivity contribution in [3.8, 4) is 5.75 Å². The molecule has 1 aliphatic carbocycles. The van der Waals surface area contributed by atoms with Crippen LogP contribution in [0.4, 0.5) is 0 Å². The summed E-state index contributed by atoms with van der Waals surface area (Å²) in [5.74, 6) is -0.202. The first-order chi connectivity index (χ1) is 12.1. The minimum absolute atomic E-state index is 0.211. The Hall–Kier alpha value is -2.56. The second-order valence-electron chi connectivity index (χ2n) is 6.42. The number of fused-ring (bicyclic) bond motifs is 1. The number of carbonyl (C=O) groups excluding carboxylic acids is 2. The molecule has 0 bridgehead atoms. The molecule has 25 heavy (non-hydrogen) atoms. The number of hydrogen-bond acceptors (Lipinski definition) is 4. The Kier molecular flexibility index (Phi) is 5.53. The summed E-state index contributed by atoms with van der Waals surface area (Å²) in [5, 5.41) is 5.07.